The van der Waals surface area contributed by atoms with Crippen LogP contribution in [0.5, 0.6) is 0 Å². The Labute approximate surface area is 192 Å². The highest BCUT2D eigenvalue weighted by molar-refractivity contribution is 6.00. The molecule has 1 aromatic heterocycles. The molecular formula is C31H20N2. The highest BCUT2D eigenvalue weighted by atomic mass is 14.9. The second-order valence-electron chi connectivity index (χ2n) is 8.64. The first-order chi connectivity index (χ1) is 16.3. The fraction of sp³-hybridized carbons (Fsp3) is 0.0323. The minimum absolute atomic E-state index is 0.759. The summed E-state index contributed by atoms with van der Waals surface area (Å²) in [7, 11) is 0. The van der Waals surface area contributed by atoms with E-state index < -0.39 is 0 Å². The van der Waals surface area contributed by atoms with Gasteiger partial charge in [0.1, 0.15) is 0 Å². The summed E-state index contributed by atoms with van der Waals surface area (Å²) in [5.74, 6) is 0.759. The summed E-state index contributed by atoms with van der Waals surface area (Å²) >= 11 is 0. The quantitative estimate of drug-likeness (QED) is 0.286. The van der Waals surface area contributed by atoms with E-state index in [1.807, 2.05) is 24.3 Å². The van der Waals surface area contributed by atoms with Crippen molar-refractivity contribution in [2.45, 2.75) is 6.42 Å². The molecule has 0 saturated carbocycles. The van der Waals surface area contributed by atoms with Crippen molar-refractivity contribution in [1.29, 1.82) is 0 Å². The maximum atomic E-state index is 5.07. The highest BCUT2D eigenvalue weighted by Gasteiger charge is 2.20. The molecular weight excluding hydrogens is 400 g/mol. The molecule has 2 nitrogen and oxygen atoms in total. The summed E-state index contributed by atoms with van der Waals surface area (Å²) in [5.41, 5.74) is 9.64. The van der Waals surface area contributed by atoms with E-state index in [0.29, 0.717) is 0 Å². The molecule has 1 aliphatic rings. The molecule has 0 spiro atoms. The van der Waals surface area contributed by atoms with Crippen molar-refractivity contribution >= 4 is 21.7 Å². The molecule has 2 heteroatoms. The van der Waals surface area contributed by atoms with E-state index in [1.54, 1.807) is 0 Å². The Balaban J connectivity index is 1.47. The number of fused-ring (bicyclic) bond motifs is 6. The predicted octanol–water partition coefficient (Wildman–Crippen LogP) is 7.69. The normalized spacial score (nSPS) is 12.1. The molecule has 5 aromatic carbocycles. The first kappa shape index (κ1) is 18.3. The van der Waals surface area contributed by atoms with E-state index in [2.05, 4.69) is 84.9 Å². The summed E-state index contributed by atoms with van der Waals surface area (Å²) in [4.78, 5) is 9.94. The van der Waals surface area contributed by atoms with E-state index in [9.17, 15) is 0 Å². The van der Waals surface area contributed by atoms with Gasteiger partial charge in [0.2, 0.25) is 0 Å². The molecule has 0 unspecified atom stereocenters. The van der Waals surface area contributed by atoms with Crippen LogP contribution in [0.3, 0.4) is 0 Å². The van der Waals surface area contributed by atoms with Crippen LogP contribution in [0.4, 0.5) is 0 Å². The summed E-state index contributed by atoms with van der Waals surface area (Å²) in [5, 5.41) is 3.66. The summed E-state index contributed by atoms with van der Waals surface area (Å²) in [6.07, 6.45) is 0.978. The van der Waals surface area contributed by atoms with Crippen LogP contribution in [0.25, 0.3) is 55.4 Å². The molecule has 154 valence electrons. The molecule has 0 N–H and O–H groups in total. The zero-order chi connectivity index (χ0) is 21.8. The first-order valence-corrected chi connectivity index (χ1v) is 11.3. The smallest absolute Gasteiger partial charge is 0.160 e. The Hall–Kier alpha value is -4.30. The second-order valence-corrected chi connectivity index (χ2v) is 8.64. The van der Waals surface area contributed by atoms with Gasteiger partial charge in [-0.25, -0.2) is 9.97 Å². The van der Waals surface area contributed by atoms with Crippen LogP contribution in [0.15, 0.2) is 109 Å². The maximum Gasteiger partial charge on any atom is 0.160 e. The average molecular weight is 421 g/mol. The summed E-state index contributed by atoms with van der Waals surface area (Å²) < 4.78 is 0. The number of nitrogens with zero attached hydrogens (tertiary/aromatic N) is 2. The summed E-state index contributed by atoms with van der Waals surface area (Å²) in [6, 6.07) is 38.5. The van der Waals surface area contributed by atoms with Gasteiger partial charge in [0, 0.05) is 16.5 Å². The third-order valence-electron chi connectivity index (χ3n) is 6.72. The fourth-order valence-corrected chi connectivity index (χ4v) is 5.11. The second kappa shape index (κ2) is 7.11. The van der Waals surface area contributed by atoms with Crippen LogP contribution in [0.1, 0.15) is 11.1 Å². The minimum atomic E-state index is 0.759. The van der Waals surface area contributed by atoms with Gasteiger partial charge in [-0.05, 0) is 51.6 Å². The van der Waals surface area contributed by atoms with Crippen molar-refractivity contribution < 1.29 is 0 Å². The number of hydrogen-bond donors (Lipinski definition) is 0. The molecule has 0 fully saturated rings. The molecule has 1 heterocycles. The van der Waals surface area contributed by atoms with Crippen LogP contribution in [-0.4, -0.2) is 9.97 Å². The van der Waals surface area contributed by atoms with E-state index in [4.69, 9.17) is 9.97 Å². The number of rotatable bonds is 2. The summed E-state index contributed by atoms with van der Waals surface area (Å²) in [6.45, 7) is 0. The van der Waals surface area contributed by atoms with Crippen molar-refractivity contribution in [3.63, 3.8) is 0 Å². The Morgan fingerprint density at radius 1 is 0.545 bits per heavy atom. The molecule has 0 aliphatic heterocycles. The standard InChI is InChI=1S/C31H20N2/c1-2-8-21(9-3-1)31-32-29-13-7-6-12-26(29)30(33-31)23-15-14-20-16-17-25-24-11-5-4-10-22(24)18-28(25)27(20)19-23/h1-17,19H,18H2. The van der Waals surface area contributed by atoms with Gasteiger partial charge in [-0.1, -0.05) is 97.1 Å². The zero-order valence-corrected chi connectivity index (χ0v) is 18.0. The Bertz CT molecular complexity index is 1680. The third-order valence-corrected chi connectivity index (χ3v) is 6.72. The maximum absolute atomic E-state index is 5.07. The predicted molar refractivity (Wildman–Crippen MR) is 136 cm³/mol. The molecule has 0 radical (unpaired) electrons. The monoisotopic (exact) mass is 420 g/mol. The lowest BCUT2D eigenvalue weighted by Crippen LogP contribution is -1.95. The molecule has 6 aromatic rings. The molecule has 0 bridgehead atoms. The van der Waals surface area contributed by atoms with Gasteiger partial charge in [-0.2, -0.15) is 0 Å². The number of aromatic nitrogens is 2. The van der Waals surface area contributed by atoms with Gasteiger partial charge in [-0.15, -0.1) is 0 Å². The van der Waals surface area contributed by atoms with Crippen LogP contribution in [0, 0.1) is 0 Å². The Morgan fingerprint density at radius 3 is 2.27 bits per heavy atom. The van der Waals surface area contributed by atoms with E-state index in [1.165, 1.54) is 33.0 Å². The van der Waals surface area contributed by atoms with E-state index >= 15 is 0 Å². The zero-order valence-electron chi connectivity index (χ0n) is 18.0. The van der Waals surface area contributed by atoms with Crippen molar-refractivity contribution in [1.82, 2.24) is 9.97 Å². The van der Waals surface area contributed by atoms with Gasteiger partial charge in [0.05, 0.1) is 11.2 Å². The van der Waals surface area contributed by atoms with Crippen molar-refractivity contribution in [3.05, 3.63) is 120 Å². The van der Waals surface area contributed by atoms with Crippen molar-refractivity contribution in [2.24, 2.45) is 0 Å². The largest absolute Gasteiger partial charge is 0.228 e. The average Bonchev–Trinajstić information content (AvgIpc) is 3.27. The van der Waals surface area contributed by atoms with Crippen LogP contribution >= 0.6 is 0 Å². The number of hydrogen-bond acceptors (Lipinski definition) is 2. The molecule has 33 heavy (non-hydrogen) atoms. The molecule has 0 atom stereocenters. The number of benzene rings is 5. The Morgan fingerprint density at radius 2 is 1.33 bits per heavy atom. The number of para-hydroxylation sites is 1. The lowest BCUT2D eigenvalue weighted by atomic mass is 9.96. The lowest BCUT2D eigenvalue weighted by molar-refractivity contribution is 1.23. The highest BCUT2D eigenvalue weighted by Crippen LogP contribution is 2.41. The SMILES string of the molecule is c1ccc(-c2nc(-c3ccc4ccc5c(c4c3)Cc3ccccc3-5)c3ccccc3n2)cc1. The first-order valence-electron chi connectivity index (χ1n) is 11.3. The molecule has 0 amide bonds. The van der Waals surface area contributed by atoms with E-state index in [-0.39, 0.29) is 0 Å². The van der Waals surface area contributed by atoms with Gasteiger partial charge >= 0.3 is 0 Å². The van der Waals surface area contributed by atoms with Crippen LogP contribution < -0.4 is 0 Å². The fourth-order valence-electron chi connectivity index (χ4n) is 5.11. The van der Waals surface area contributed by atoms with Gasteiger partial charge in [0.15, 0.2) is 5.82 Å². The molecule has 7 rings (SSSR count). The van der Waals surface area contributed by atoms with Gasteiger partial charge < -0.3 is 0 Å². The third kappa shape index (κ3) is 2.88. The molecule has 1 aliphatic carbocycles. The van der Waals surface area contributed by atoms with Crippen LogP contribution in [-0.2, 0) is 6.42 Å². The van der Waals surface area contributed by atoms with Crippen molar-refractivity contribution in [3.8, 4) is 33.8 Å². The lowest BCUT2D eigenvalue weighted by Gasteiger charge is -2.12. The Kier molecular flexibility index (Phi) is 3.94. The van der Waals surface area contributed by atoms with Gasteiger partial charge in [-0.3, -0.25) is 0 Å². The van der Waals surface area contributed by atoms with Crippen molar-refractivity contribution in [2.75, 3.05) is 0 Å². The molecule has 0 saturated heterocycles. The topological polar surface area (TPSA) is 25.8 Å². The van der Waals surface area contributed by atoms with Crippen LogP contribution in [0.2, 0.25) is 0 Å². The van der Waals surface area contributed by atoms with Gasteiger partial charge in [0.25, 0.3) is 0 Å². The van der Waals surface area contributed by atoms with E-state index in [0.717, 1.165) is 40.0 Å². The minimum Gasteiger partial charge on any atom is -0.228 e.